The average molecular weight is 768 g/mol. The molecule has 11 heteroatoms. The van der Waals surface area contributed by atoms with Crippen molar-refractivity contribution in [2.75, 3.05) is 39.9 Å². The molecule has 0 bridgehead atoms. The third-order valence-electron chi connectivity index (χ3n) is 11.1. The van der Waals surface area contributed by atoms with Crippen LogP contribution in [-0.4, -0.2) is 70.5 Å². The van der Waals surface area contributed by atoms with E-state index in [1.54, 1.807) is 18.5 Å². The normalized spacial score (nSPS) is 23.5. The molecule has 54 heavy (non-hydrogen) atoms. The van der Waals surface area contributed by atoms with E-state index in [-0.39, 0.29) is 25.2 Å². The highest BCUT2D eigenvalue weighted by Gasteiger charge is 2.41. The van der Waals surface area contributed by atoms with E-state index >= 15 is 0 Å². The Bertz CT molecular complexity index is 2000. The molecule has 1 N–H and O–H groups in total. The smallest absolute Gasteiger partial charge is 0.141 e. The SMILES string of the molecule is CC1C(c2ccccc2Cl)=CC=CC1(COc1cc(OCc2cncc(C#N)c2)c(CN2CCCCC2c2cn[nH]c2)cc1Cl)OCC1CCCN(C)C1. The molecule has 0 spiro atoms. The van der Waals surface area contributed by atoms with Crippen molar-refractivity contribution in [3.05, 3.63) is 123 Å². The number of rotatable bonds is 13. The van der Waals surface area contributed by atoms with E-state index in [1.165, 1.54) is 5.56 Å². The molecule has 282 valence electrons. The van der Waals surface area contributed by atoms with Crippen molar-refractivity contribution >= 4 is 28.8 Å². The molecule has 4 unspecified atom stereocenters. The summed E-state index contributed by atoms with van der Waals surface area (Å²) in [7, 11) is 2.18. The second-order valence-electron chi connectivity index (χ2n) is 14.9. The Labute approximate surface area is 328 Å². The zero-order valence-electron chi connectivity index (χ0n) is 31.0. The van der Waals surface area contributed by atoms with Gasteiger partial charge < -0.3 is 19.1 Å². The van der Waals surface area contributed by atoms with E-state index in [0.717, 1.165) is 74.0 Å². The Morgan fingerprint density at radius 3 is 2.70 bits per heavy atom. The number of hydrogen-bond acceptors (Lipinski definition) is 8. The first-order valence-electron chi connectivity index (χ1n) is 18.9. The van der Waals surface area contributed by atoms with Gasteiger partial charge in [-0.3, -0.25) is 15.0 Å². The average Bonchev–Trinajstić information content (AvgIpc) is 3.73. The first-order chi connectivity index (χ1) is 26.3. The fraction of sp³-hybridized carbons (Fsp3) is 0.419. The standard InChI is InChI=1S/C43H48Cl2N6O3/c1-30-36(37-10-3-4-12-38(37)44)11-7-14-43(30,54-28-31-9-8-15-50(2)25-31)29-53-42-19-41(52-27-33-17-32(20-46)21-47-22-33)34(18-39(42)45)26-51-16-6-5-13-40(51)35-23-48-49-24-35/h3-4,7,10-12,14,17-19,21-24,30-31,40H,5-6,8-9,13,15-16,25-29H2,1-2H3,(H,48,49). The van der Waals surface area contributed by atoms with E-state index in [0.29, 0.717) is 46.2 Å². The molecule has 2 saturated heterocycles. The minimum atomic E-state index is -0.780. The van der Waals surface area contributed by atoms with Crippen LogP contribution in [0.4, 0.5) is 0 Å². The van der Waals surface area contributed by atoms with Crippen LogP contribution in [0.15, 0.2) is 85.5 Å². The largest absolute Gasteiger partial charge is 0.489 e. The van der Waals surface area contributed by atoms with Gasteiger partial charge >= 0.3 is 0 Å². The van der Waals surface area contributed by atoms with Crippen LogP contribution in [0.3, 0.4) is 0 Å². The number of pyridine rings is 1. The van der Waals surface area contributed by atoms with E-state index in [2.05, 4.69) is 69.3 Å². The molecule has 2 aromatic carbocycles. The van der Waals surface area contributed by atoms with Crippen molar-refractivity contribution in [1.82, 2.24) is 25.0 Å². The van der Waals surface area contributed by atoms with Gasteiger partial charge in [-0.2, -0.15) is 10.4 Å². The Balaban J connectivity index is 1.18. The highest BCUT2D eigenvalue weighted by molar-refractivity contribution is 6.32. The van der Waals surface area contributed by atoms with Crippen molar-refractivity contribution < 1.29 is 14.2 Å². The summed E-state index contributed by atoms with van der Waals surface area (Å²) < 4.78 is 20.3. The van der Waals surface area contributed by atoms with Gasteiger partial charge in [-0.1, -0.05) is 66.9 Å². The van der Waals surface area contributed by atoms with Gasteiger partial charge in [0.1, 0.15) is 36.4 Å². The lowest BCUT2D eigenvalue weighted by Gasteiger charge is -2.41. The maximum absolute atomic E-state index is 9.47. The molecule has 2 fully saturated rings. The van der Waals surface area contributed by atoms with Gasteiger partial charge in [0.25, 0.3) is 0 Å². The predicted octanol–water partition coefficient (Wildman–Crippen LogP) is 9.05. The number of nitriles is 1. The number of nitrogens with zero attached hydrogens (tertiary/aromatic N) is 5. The van der Waals surface area contributed by atoms with Crippen LogP contribution in [-0.2, 0) is 17.9 Å². The number of nitrogens with one attached hydrogen (secondary N) is 1. The zero-order valence-corrected chi connectivity index (χ0v) is 32.5. The first kappa shape index (κ1) is 38.1. The predicted molar refractivity (Wildman–Crippen MR) is 212 cm³/mol. The number of halogens is 2. The third-order valence-corrected chi connectivity index (χ3v) is 11.8. The molecule has 9 nitrogen and oxygen atoms in total. The van der Waals surface area contributed by atoms with Gasteiger partial charge in [0.2, 0.25) is 0 Å². The van der Waals surface area contributed by atoms with E-state index < -0.39 is 5.60 Å². The fourth-order valence-electron chi connectivity index (χ4n) is 8.10. The van der Waals surface area contributed by atoms with Gasteiger partial charge in [-0.05, 0) is 87.2 Å². The third kappa shape index (κ3) is 8.86. The molecule has 0 amide bonds. The first-order valence-corrected chi connectivity index (χ1v) is 19.7. The summed E-state index contributed by atoms with van der Waals surface area (Å²) in [6.45, 7) is 6.96. The van der Waals surface area contributed by atoms with Crippen LogP contribution < -0.4 is 9.47 Å². The molecule has 3 aliphatic rings. The monoisotopic (exact) mass is 766 g/mol. The van der Waals surface area contributed by atoms with Crippen LogP contribution >= 0.6 is 23.2 Å². The lowest BCUT2D eigenvalue weighted by Crippen LogP contribution is -2.47. The van der Waals surface area contributed by atoms with E-state index in [1.807, 2.05) is 42.7 Å². The van der Waals surface area contributed by atoms with Crippen LogP contribution in [0.25, 0.3) is 5.57 Å². The number of H-pyrrole nitrogens is 1. The molecule has 4 atom stereocenters. The summed E-state index contributed by atoms with van der Waals surface area (Å²) in [4.78, 5) is 9.08. The molecule has 0 radical (unpaired) electrons. The Morgan fingerprint density at radius 1 is 1.00 bits per heavy atom. The van der Waals surface area contributed by atoms with Crippen molar-refractivity contribution in [3.8, 4) is 17.6 Å². The van der Waals surface area contributed by atoms with Gasteiger partial charge in [-0.15, -0.1) is 0 Å². The molecule has 2 aliphatic heterocycles. The number of aromatic amines is 1. The molecule has 4 heterocycles. The number of allylic oxidation sites excluding steroid dienone is 2. The Kier molecular flexibility index (Phi) is 12.4. The van der Waals surface area contributed by atoms with Crippen molar-refractivity contribution in [2.45, 2.75) is 63.8 Å². The van der Waals surface area contributed by atoms with Gasteiger partial charge in [0.05, 0.1) is 23.4 Å². The molecular formula is C43H48Cl2N6O3. The lowest BCUT2D eigenvalue weighted by molar-refractivity contribution is -0.0788. The summed E-state index contributed by atoms with van der Waals surface area (Å²) in [6.07, 6.45) is 19.1. The summed E-state index contributed by atoms with van der Waals surface area (Å²) in [5, 5.41) is 17.9. The minimum Gasteiger partial charge on any atom is -0.489 e. The van der Waals surface area contributed by atoms with E-state index in [4.69, 9.17) is 37.4 Å². The van der Waals surface area contributed by atoms with Crippen molar-refractivity contribution in [1.29, 1.82) is 5.26 Å². The topological polar surface area (TPSA) is 99.5 Å². The van der Waals surface area contributed by atoms with Gasteiger partial charge in [0.15, 0.2) is 0 Å². The zero-order chi connectivity index (χ0) is 37.5. The number of likely N-dealkylation sites (tertiary alicyclic amines) is 2. The van der Waals surface area contributed by atoms with Crippen LogP contribution in [0.1, 0.15) is 72.9 Å². The second kappa shape index (κ2) is 17.5. The van der Waals surface area contributed by atoms with Crippen LogP contribution in [0.2, 0.25) is 10.0 Å². The quantitative estimate of drug-likeness (QED) is 0.144. The molecule has 4 aromatic rings. The molecular weight excluding hydrogens is 719 g/mol. The van der Waals surface area contributed by atoms with Crippen LogP contribution in [0.5, 0.6) is 11.5 Å². The maximum Gasteiger partial charge on any atom is 0.141 e. The molecule has 1 aliphatic carbocycles. The second-order valence-corrected chi connectivity index (χ2v) is 15.7. The number of aromatic nitrogens is 3. The van der Waals surface area contributed by atoms with Gasteiger partial charge in [-0.25, -0.2) is 0 Å². The lowest BCUT2D eigenvalue weighted by atomic mass is 9.77. The summed E-state index contributed by atoms with van der Waals surface area (Å²) in [6, 6.07) is 16.0. The minimum absolute atomic E-state index is 0.0728. The molecule has 7 rings (SSSR count). The van der Waals surface area contributed by atoms with Crippen LogP contribution in [0, 0.1) is 23.2 Å². The summed E-state index contributed by atoms with van der Waals surface area (Å²) in [5.74, 6) is 1.53. The number of benzene rings is 2. The van der Waals surface area contributed by atoms with Crippen molar-refractivity contribution in [2.24, 2.45) is 11.8 Å². The number of hydrogen-bond donors (Lipinski definition) is 1. The summed E-state index contributed by atoms with van der Waals surface area (Å²) in [5.41, 5.74) is 4.71. The number of piperidine rings is 2. The fourth-order valence-corrected chi connectivity index (χ4v) is 8.58. The summed E-state index contributed by atoms with van der Waals surface area (Å²) >= 11 is 13.9. The highest BCUT2D eigenvalue weighted by Crippen LogP contribution is 2.43. The molecule has 0 saturated carbocycles. The highest BCUT2D eigenvalue weighted by atomic mass is 35.5. The maximum atomic E-state index is 9.47. The molecule has 2 aromatic heterocycles. The number of ether oxygens (including phenoxy) is 3. The van der Waals surface area contributed by atoms with E-state index in [9.17, 15) is 5.26 Å². The Morgan fingerprint density at radius 2 is 1.89 bits per heavy atom. The van der Waals surface area contributed by atoms with Crippen molar-refractivity contribution in [3.63, 3.8) is 0 Å². The Hall–Kier alpha value is -4.17. The van der Waals surface area contributed by atoms with Gasteiger partial charge in [0, 0.05) is 71.4 Å².